The van der Waals surface area contributed by atoms with E-state index in [9.17, 15) is 0 Å². The van der Waals surface area contributed by atoms with Gasteiger partial charge in [-0.3, -0.25) is 0 Å². The molecule has 1 heterocycles. The normalized spacial score (nSPS) is 17.8. The molecule has 0 amide bonds. The van der Waals surface area contributed by atoms with Gasteiger partial charge in [0.25, 0.3) is 0 Å². The second-order valence-electron chi connectivity index (χ2n) is 5.36. The topological polar surface area (TPSA) is 43.7 Å². The highest BCUT2D eigenvalue weighted by atomic mass is 16.3. The highest BCUT2D eigenvalue weighted by Crippen LogP contribution is 2.06. The van der Waals surface area contributed by atoms with Crippen molar-refractivity contribution in [2.75, 3.05) is 60.5 Å². The summed E-state index contributed by atoms with van der Waals surface area (Å²) in [5.41, 5.74) is 0. The summed E-state index contributed by atoms with van der Waals surface area (Å²) in [5, 5.41) is 17.0. The number of likely N-dealkylation sites (N-methyl/N-ethyl adjacent to an activating group) is 1. The van der Waals surface area contributed by atoms with E-state index in [1.807, 2.05) is 0 Å². The van der Waals surface area contributed by atoms with E-state index in [4.69, 9.17) is 10.2 Å². The number of aliphatic hydroxyl groups excluding tert-OH is 2. The fourth-order valence-electron chi connectivity index (χ4n) is 1.62. The third-order valence-corrected chi connectivity index (χ3v) is 2.64. The molecule has 0 atom stereocenters. The van der Waals surface area contributed by atoms with Crippen LogP contribution in [-0.4, -0.2) is 80.1 Å². The van der Waals surface area contributed by atoms with Crippen molar-refractivity contribution in [2.24, 2.45) is 0 Å². The zero-order chi connectivity index (χ0) is 12.4. The Morgan fingerprint density at radius 2 is 1.50 bits per heavy atom. The number of likely N-dealkylation sites (tertiary alicyclic amines) is 1. The van der Waals surface area contributed by atoms with E-state index in [-0.39, 0.29) is 6.61 Å². The molecule has 1 aliphatic rings. The molecule has 4 heteroatoms. The Hall–Kier alpha value is -0.160. The number of β-amino-alcohol motifs (C(OH)–C–C–N with tert-alkyl or cyclic N) is 1. The zero-order valence-electron chi connectivity index (χ0n) is 11.2. The summed E-state index contributed by atoms with van der Waals surface area (Å²) in [4.78, 5) is 2.32. The molecule has 1 rings (SSSR count). The Kier molecular flexibility index (Phi) is 8.84. The summed E-state index contributed by atoms with van der Waals surface area (Å²) in [6.07, 6.45) is 4.02. The van der Waals surface area contributed by atoms with Gasteiger partial charge in [0.05, 0.1) is 34.4 Å². The quantitative estimate of drug-likeness (QED) is 0.679. The lowest BCUT2D eigenvalue weighted by Crippen LogP contribution is -2.36. The molecule has 0 aromatic heterocycles. The van der Waals surface area contributed by atoms with E-state index in [1.54, 1.807) is 0 Å². The van der Waals surface area contributed by atoms with Gasteiger partial charge in [-0.15, -0.1) is 0 Å². The number of hydrogen-bond donors (Lipinski definition) is 2. The Labute approximate surface area is 100 Å². The third-order valence-electron chi connectivity index (χ3n) is 2.64. The van der Waals surface area contributed by atoms with E-state index >= 15 is 0 Å². The SMILES string of the molecule is C[N+](C)(C)CCO.OCCN1CCCCC1. The number of aliphatic hydroxyl groups is 2. The minimum Gasteiger partial charge on any atom is -0.395 e. The highest BCUT2D eigenvalue weighted by Gasteiger charge is 2.07. The van der Waals surface area contributed by atoms with Crippen molar-refractivity contribution in [1.29, 1.82) is 0 Å². The second-order valence-corrected chi connectivity index (χ2v) is 5.36. The summed E-state index contributed by atoms with van der Waals surface area (Å²) in [7, 11) is 6.16. The molecule has 0 aromatic rings. The van der Waals surface area contributed by atoms with Crippen LogP contribution in [0.3, 0.4) is 0 Å². The van der Waals surface area contributed by atoms with Crippen molar-refractivity contribution in [2.45, 2.75) is 19.3 Å². The Bertz CT molecular complexity index is 149. The van der Waals surface area contributed by atoms with Gasteiger partial charge in [0.2, 0.25) is 0 Å². The molecule has 1 aliphatic heterocycles. The van der Waals surface area contributed by atoms with Crippen molar-refractivity contribution >= 4 is 0 Å². The van der Waals surface area contributed by atoms with Gasteiger partial charge < -0.3 is 19.6 Å². The minimum absolute atomic E-state index is 0.281. The maximum atomic E-state index is 8.58. The first-order valence-electron chi connectivity index (χ1n) is 6.24. The predicted octanol–water partition coefficient (Wildman–Crippen LogP) is 0.150. The molecule has 0 saturated carbocycles. The van der Waals surface area contributed by atoms with E-state index in [2.05, 4.69) is 26.0 Å². The number of quaternary nitrogens is 1. The average Bonchev–Trinajstić information content (AvgIpc) is 2.19. The number of rotatable bonds is 4. The van der Waals surface area contributed by atoms with Crippen LogP contribution in [0, 0.1) is 0 Å². The Morgan fingerprint density at radius 1 is 0.938 bits per heavy atom. The van der Waals surface area contributed by atoms with Crippen LogP contribution in [0.15, 0.2) is 0 Å². The molecule has 0 radical (unpaired) electrons. The van der Waals surface area contributed by atoms with Crippen molar-refractivity contribution in [3.63, 3.8) is 0 Å². The molecule has 98 valence electrons. The highest BCUT2D eigenvalue weighted by molar-refractivity contribution is 4.62. The number of piperidine rings is 1. The summed E-state index contributed by atoms with van der Waals surface area (Å²) < 4.78 is 0.844. The van der Waals surface area contributed by atoms with Crippen molar-refractivity contribution < 1.29 is 14.7 Å². The average molecular weight is 233 g/mol. The van der Waals surface area contributed by atoms with Crippen molar-refractivity contribution in [3.8, 4) is 0 Å². The number of hydrogen-bond acceptors (Lipinski definition) is 3. The predicted molar refractivity (Wildman–Crippen MR) is 67.4 cm³/mol. The number of nitrogens with zero attached hydrogens (tertiary/aromatic N) is 2. The molecule has 1 saturated heterocycles. The van der Waals surface area contributed by atoms with Crippen LogP contribution in [0.1, 0.15) is 19.3 Å². The summed E-state index contributed by atoms with van der Waals surface area (Å²) >= 11 is 0. The van der Waals surface area contributed by atoms with Gasteiger partial charge in [-0.05, 0) is 25.9 Å². The van der Waals surface area contributed by atoms with Gasteiger partial charge in [-0.25, -0.2) is 0 Å². The molecule has 16 heavy (non-hydrogen) atoms. The fraction of sp³-hybridized carbons (Fsp3) is 1.00. The first-order valence-corrected chi connectivity index (χ1v) is 6.24. The van der Waals surface area contributed by atoms with Crippen LogP contribution in [0.25, 0.3) is 0 Å². The smallest absolute Gasteiger partial charge is 0.101 e. The lowest BCUT2D eigenvalue weighted by Gasteiger charge is -2.25. The lowest BCUT2D eigenvalue weighted by molar-refractivity contribution is -0.870. The van der Waals surface area contributed by atoms with Crippen LogP contribution < -0.4 is 0 Å². The maximum absolute atomic E-state index is 8.58. The molecule has 0 aromatic carbocycles. The van der Waals surface area contributed by atoms with Gasteiger partial charge in [-0.2, -0.15) is 0 Å². The largest absolute Gasteiger partial charge is 0.395 e. The molecule has 1 fully saturated rings. The van der Waals surface area contributed by atoms with E-state index < -0.39 is 0 Å². The van der Waals surface area contributed by atoms with Gasteiger partial charge in [0.15, 0.2) is 0 Å². The van der Waals surface area contributed by atoms with Crippen LogP contribution in [0.2, 0.25) is 0 Å². The zero-order valence-corrected chi connectivity index (χ0v) is 11.2. The standard InChI is InChI=1S/C7H15NO.C5H14NO/c9-7-6-8-4-2-1-3-5-8;1-6(2,3)4-5-7/h9H,1-7H2;7H,4-5H2,1-3H3/q;+1. The third kappa shape index (κ3) is 10.4. The van der Waals surface area contributed by atoms with Gasteiger partial charge in [0.1, 0.15) is 6.54 Å². The van der Waals surface area contributed by atoms with Crippen LogP contribution in [-0.2, 0) is 0 Å². The molecular formula is C12H29N2O2+. The molecule has 0 bridgehead atoms. The minimum atomic E-state index is 0.281. The lowest BCUT2D eigenvalue weighted by atomic mass is 10.1. The first-order chi connectivity index (χ1) is 7.49. The summed E-state index contributed by atoms with van der Waals surface area (Å²) in [6.45, 7) is 4.70. The van der Waals surface area contributed by atoms with Crippen LogP contribution in [0.5, 0.6) is 0 Å². The van der Waals surface area contributed by atoms with Gasteiger partial charge in [0, 0.05) is 6.54 Å². The first kappa shape index (κ1) is 15.8. The molecule has 2 N–H and O–H groups in total. The van der Waals surface area contributed by atoms with Gasteiger partial charge in [-0.1, -0.05) is 6.42 Å². The summed E-state index contributed by atoms with van der Waals surface area (Å²) in [5.74, 6) is 0. The second kappa shape index (κ2) is 8.93. The molecule has 0 aliphatic carbocycles. The van der Waals surface area contributed by atoms with Crippen molar-refractivity contribution in [3.05, 3.63) is 0 Å². The fourth-order valence-corrected chi connectivity index (χ4v) is 1.62. The maximum Gasteiger partial charge on any atom is 0.101 e. The van der Waals surface area contributed by atoms with E-state index in [0.717, 1.165) is 17.6 Å². The Balaban J connectivity index is 0.000000293. The molecule has 0 unspecified atom stereocenters. The van der Waals surface area contributed by atoms with Gasteiger partial charge >= 0.3 is 0 Å². The van der Waals surface area contributed by atoms with E-state index in [0.29, 0.717) is 6.61 Å². The van der Waals surface area contributed by atoms with E-state index in [1.165, 1.54) is 32.4 Å². The Morgan fingerprint density at radius 3 is 1.81 bits per heavy atom. The van der Waals surface area contributed by atoms with Crippen molar-refractivity contribution in [1.82, 2.24) is 4.90 Å². The van der Waals surface area contributed by atoms with Crippen LogP contribution >= 0.6 is 0 Å². The monoisotopic (exact) mass is 233 g/mol. The van der Waals surface area contributed by atoms with Crippen LogP contribution in [0.4, 0.5) is 0 Å². The molecular weight excluding hydrogens is 204 g/mol. The molecule has 4 nitrogen and oxygen atoms in total. The summed E-state index contributed by atoms with van der Waals surface area (Å²) in [6, 6.07) is 0. The molecule has 0 spiro atoms.